The molecule has 7 heteroatoms. The van der Waals surface area contributed by atoms with E-state index >= 15 is 0 Å². The first kappa shape index (κ1) is 18.4. The Balaban J connectivity index is 1.60. The normalized spacial score (nSPS) is 15.8. The number of hydrogen-bond acceptors (Lipinski definition) is 6. The molecule has 27 heavy (non-hydrogen) atoms. The van der Waals surface area contributed by atoms with Crippen LogP contribution >= 0.6 is 27.7 Å². The van der Waals surface area contributed by atoms with Crippen molar-refractivity contribution in [2.75, 3.05) is 37.0 Å². The van der Waals surface area contributed by atoms with Gasteiger partial charge in [0, 0.05) is 28.0 Å². The van der Waals surface area contributed by atoms with Gasteiger partial charge in [0.1, 0.15) is 13.2 Å². The average Bonchev–Trinajstić information content (AvgIpc) is 2.73. The van der Waals surface area contributed by atoms with Crippen LogP contribution in [0.3, 0.4) is 0 Å². The van der Waals surface area contributed by atoms with Crippen molar-refractivity contribution in [2.45, 2.75) is 6.42 Å². The highest BCUT2D eigenvalue weighted by atomic mass is 79.9. The molecule has 0 amide bonds. The molecule has 0 atom stereocenters. The van der Waals surface area contributed by atoms with Gasteiger partial charge < -0.3 is 14.4 Å². The van der Waals surface area contributed by atoms with Crippen LogP contribution in [0.2, 0.25) is 0 Å². The van der Waals surface area contributed by atoms with E-state index in [9.17, 15) is 4.79 Å². The monoisotopic (exact) mass is 446 g/mol. The van der Waals surface area contributed by atoms with E-state index in [1.165, 1.54) is 0 Å². The van der Waals surface area contributed by atoms with E-state index < -0.39 is 0 Å². The lowest BCUT2D eigenvalue weighted by atomic mass is 10.1. The van der Waals surface area contributed by atoms with Crippen LogP contribution in [-0.2, 0) is 0 Å². The number of amidine groups is 1. The SMILES string of the molecule is O=C(CN(C1=NCCCS1)c1ccc(Br)cc1)c1ccc2c(c1)OCCO2. The molecule has 0 saturated heterocycles. The molecule has 0 spiro atoms. The molecule has 5 nitrogen and oxygen atoms in total. The second kappa shape index (κ2) is 8.35. The Bertz CT molecular complexity index is 870. The number of anilines is 1. The third kappa shape index (κ3) is 4.30. The summed E-state index contributed by atoms with van der Waals surface area (Å²) in [4.78, 5) is 19.7. The summed E-state index contributed by atoms with van der Waals surface area (Å²) in [6.07, 6.45) is 1.07. The second-order valence-electron chi connectivity index (χ2n) is 6.21. The summed E-state index contributed by atoms with van der Waals surface area (Å²) >= 11 is 5.16. The molecule has 2 aromatic carbocycles. The fourth-order valence-corrected chi connectivity index (χ4v) is 4.18. The zero-order valence-corrected chi connectivity index (χ0v) is 17.1. The first-order valence-electron chi connectivity index (χ1n) is 8.84. The second-order valence-corrected chi connectivity index (χ2v) is 8.19. The smallest absolute Gasteiger partial charge is 0.182 e. The number of thioether (sulfide) groups is 1. The van der Waals surface area contributed by atoms with Gasteiger partial charge in [-0.2, -0.15) is 0 Å². The lowest BCUT2D eigenvalue weighted by Crippen LogP contribution is -2.35. The van der Waals surface area contributed by atoms with Crippen LogP contribution < -0.4 is 14.4 Å². The number of ether oxygens (including phenoxy) is 2. The minimum Gasteiger partial charge on any atom is -0.486 e. The van der Waals surface area contributed by atoms with Crippen LogP contribution in [0, 0.1) is 0 Å². The molecular formula is C20H19BrN2O3S. The molecule has 0 aromatic heterocycles. The van der Waals surface area contributed by atoms with Crippen LogP contribution in [0.4, 0.5) is 5.69 Å². The van der Waals surface area contributed by atoms with Gasteiger partial charge in [0.05, 0.1) is 6.54 Å². The number of ketones is 1. The van der Waals surface area contributed by atoms with Crippen molar-refractivity contribution in [1.82, 2.24) is 0 Å². The number of halogens is 1. The van der Waals surface area contributed by atoms with Gasteiger partial charge >= 0.3 is 0 Å². The Morgan fingerprint density at radius 3 is 2.63 bits per heavy atom. The quantitative estimate of drug-likeness (QED) is 0.651. The van der Waals surface area contributed by atoms with Crippen LogP contribution in [0.25, 0.3) is 0 Å². The summed E-state index contributed by atoms with van der Waals surface area (Å²) in [6, 6.07) is 13.3. The Hall–Kier alpha value is -1.99. The summed E-state index contributed by atoms with van der Waals surface area (Å²) in [5.74, 6) is 2.36. The van der Waals surface area contributed by atoms with Crippen molar-refractivity contribution in [3.8, 4) is 11.5 Å². The molecule has 2 aliphatic rings. The largest absolute Gasteiger partial charge is 0.486 e. The predicted molar refractivity (Wildman–Crippen MR) is 113 cm³/mol. The van der Waals surface area contributed by atoms with Crippen LogP contribution in [0.1, 0.15) is 16.8 Å². The van der Waals surface area contributed by atoms with Crippen molar-refractivity contribution in [3.63, 3.8) is 0 Å². The van der Waals surface area contributed by atoms with Crippen molar-refractivity contribution >= 4 is 44.3 Å². The van der Waals surface area contributed by atoms with Gasteiger partial charge in [-0.25, -0.2) is 0 Å². The fraction of sp³-hybridized carbons (Fsp3) is 0.300. The Morgan fingerprint density at radius 1 is 1.11 bits per heavy atom. The zero-order chi connectivity index (χ0) is 18.6. The molecule has 2 heterocycles. The summed E-state index contributed by atoms with van der Waals surface area (Å²) in [5.41, 5.74) is 1.57. The third-order valence-corrected chi connectivity index (χ3v) is 5.94. The number of nitrogens with zero attached hydrogens (tertiary/aromatic N) is 2. The number of carbonyl (C=O) groups excluding carboxylic acids is 1. The molecule has 0 N–H and O–H groups in total. The molecule has 2 aromatic rings. The van der Waals surface area contributed by atoms with Crippen LogP contribution in [0.5, 0.6) is 11.5 Å². The van der Waals surface area contributed by atoms with Gasteiger partial charge in [-0.15, -0.1) is 0 Å². The minimum absolute atomic E-state index is 0.0174. The standard InChI is InChI=1S/C20H19BrN2O3S/c21-15-3-5-16(6-4-15)23(20-22-8-1-11-27-20)13-17(24)14-2-7-18-19(12-14)26-10-9-25-18/h2-7,12H,1,8-11,13H2. The summed E-state index contributed by atoms with van der Waals surface area (Å²) in [7, 11) is 0. The van der Waals surface area contributed by atoms with Gasteiger partial charge in [-0.05, 0) is 48.9 Å². The molecule has 0 unspecified atom stereocenters. The number of aliphatic imine (C=N–C) groups is 1. The maximum Gasteiger partial charge on any atom is 0.182 e. The predicted octanol–water partition coefficient (Wildman–Crippen LogP) is 4.40. The van der Waals surface area contributed by atoms with Crippen LogP contribution in [-0.4, -0.2) is 43.0 Å². The molecule has 140 valence electrons. The minimum atomic E-state index is 0.0174. The third-order valence-electron chi connectivity index (χ3n) is 4.32. The van der Waals surface area contributed by atoms with E-state index in [0.29, 0.717) is 30.3 Å². The first-order chi connectivity index (χ1) is 13.2. The number of fused-ring (bicyclic) bond motifs is 1. The molecule has 4 rings (SSSR count). The van der Waals surface area contributed by atoms with Gasteiger partial charge in [0.15, 0.2) is 22.4 Å². The topological polar surface area (TPSA) is 51.1 Å². The van der Waals surface area contributed by atoms with Crippen molar-refractivity contribution in [3.05, 3.63) is 52.5 Å². The molecule has 2 aliphatic heterocycles. The Labute approximate surface area is 170 Å². The highest BCUT2D eigenvalue weighted by molar-refractivity contribution is 9.10. The van der Waals surface area contributed by atoms with Crippen LogP contribution in [0.15, 0.2) is 51.9 Å². The van der Waals surface area contributed by atoms with Gasteiger partial charge in [0.25, 0.3) is 0 Å². The summed E-state index contributed by atoms with van der Waals surface area (Å²) < 4.78 is 12.2. The highest BCUT2D eigenvalue weighted by Gasteiger charge is 2.22. The van der Waals surface area contributed by atoms with Gasteiger partial charge in [-0.1, -0.05) is 27.7 Å². The number of hydrogen-bond donors (Lipinski definition) is 0. The number of rotatable bonds is 4. The molecule has 0 bridgehead atoms. The molecule has 0 fully saturated rings. The maximum absolute atomic E-state index is 13.0. The molecule has 0 radical (unpaired) electrons. The summed E-state index contributed by atoms with van der Waals surface area (Å²) in [6.45, 7) is 2.07. The fourth-order valence-electron chi connectivity index (χ4n) is 2.95. The first-order valence-corrected chi connectivity index (χ1v) is 10.6. The number of carbonyl (C=O) groups is 1. The van der Waals surface area contributed by atoms with E-state index in [0.717, 1.165) is 34.0 Å². The van der Waals surface area contributed by atoms with E-state index in [1.54, 1.807) is 30.0 Å². The van der Waals surface area contributed by atoms with Crippen molar-refractivity contribution in [1.29, 1.82) is 0 Å². The molecule has 0 saturated carbocycles. The highest BCUT2D eigenvalue weighted by Crippen LogP contribution is 2.31. The lowest BCUT2D eigenvalue weighted by molar-refractivity contribution is 0.100. The number of Topliss-reactive ketones (excluding diaryl/α,β-unsaturated/α-hetero) is 1. The lowest BCUT2D eigenvalue weighted by Gasteiger charge is -2.27. The maximum atomic E-state index is 13.0. The van der Waals surface area contributed by atoms with E-state index in [-0.39, 0.29) is 12.3 Å². The summed E-state index contributed by atoms with van der Waals surface area (Å²) in [5, 5.41) is 0.898. The van der Waals surface area contributed by atoms with E-state index in [2.05, 4.69) is 20.9 Å². The van der Waals surface area contributed by atoms with Gasteiger partial charge in [0.2, 0.25) is 0 Å². The number of benzene rings is 2. The Kier molecular flexibility index (Phi) is 5.69. The van der Waals surface area contributed by atoms with E-state index in [4.69, 9.17) is 9.47 Å². The molecule has 0 aliphatic carbocycles. The van der Waals surface area contributed by atoms with E-state index in [1.807, 2.05) is 29.2 Å². The van der Waals surface area contributed by atoms with Gasteiger partial charge in [-0.3, -0.25) is 9.79 Å². The molecular weight excluding hydrogens is 428 g/mol. The average molecular weight is 447 g/mol. The van der Waals surface area contributed by atoms with Crippen molar-refractivity contribution < 1.29 is 14.3 Å². The van der Waals surface area contributed by atoms with Crippen molar-refractivity contribution in [2.24, 2.45) is 4.99 Å². The Morgan fingerprint density at radius 2 is 1.89 bits per heavy atom. The zero-order valence-electron chi connectivity index (χ0n) is 14.7.